The minimum atomic E-state index is -0.116. The highest BCUT2D eigenvalue weighted by atomic mass is 16.3. The maximum atomic E-state index is 11.6. The fraction of sp³-hybridized carbons (Fsp3) is 0.923. The SMILES string of the molecule is CCC(CC)(CO)CNC(=O)CC1CCC1. The topological polar surface area (TPSA) is 49.3 Å². The molecule has 2 N–H and O–H groups in total. The maximum absolute atomic E-state index is 11.6. The van der Waals surface area contributed by atoms with Crippen molar-refractivity contribution in [3.8, 4) is 0 Å². The van der Waals surface area contributed by atoms with Crippen molar-refractivity contribution in [2.24, 2.45) is 11.3 Å². The molecular weight excluding hydrogens is 202 g/mol. The van der Waals surface area contributed by atoms with Gasteiger partial charge < -0.3 is 10.4 Å². The standard InChI is InChI=1S/C13H25NO2/c1-3-13(4-2,10-15)9-14-12(16)8-11-6-5-7-11/h11,15H,3-10H2,1-2H3,(H,14,16). The van der Waals surface area contributed by atoms with Crippen molar-refractivity contribution in [3.05, 3.63) is 0 Å². The lowest BCUT2D eigenvalue weighted by molar-refractivity contribution is -0.123. The number of aliphatic hydroxyl groups excluding tert-OH is 1. The molecule has 0 aromatic rings. The molecule has 1 fully saturated rings. The number of hydrogen-bond acceptors (Lipinski definition) is 2. The fourth-order valence-corrected chi connectivity index (χ4v) is 2.10. The van der Waals surface area contributed by atoms with E-state index < -0.39 is 0 Å². The fourth-order valence-electron chi connectivity index (χ4n) is 2.10. The van der Waals surface area contributed by atoms with E-state index in [0.717, 1.165) is 12.8 Å². The van der Waals surface area contributed by atoms with Crippen LogP contribution in [0.2, 0.25) is 0 Å². The number of rotatable bonds is 7. The van der Waals surface area contributed by atoms with Gasteiger partial charge in [0.1, 0.15) is 0 Å². The zero-order valence-corrected chi connectivity index (χ0v) is 10.6. The highest BCUT2D eigenvalue weighted by Gasteiger charge is 2.27. The van der Waals surface area contributed by atoms with Crippen LogP contribution in [-0.2, 0) is 4.79 Å². The predicted octanol–water partition coefficient (Wildman–Crippen LogP) is 2.09. The Balaban J connectivity index is 2.27. The summed E-state index contributed by atoms with van der Waals surface area (Å²) in [5.41, 5.74) is -0.116. The van der Waals surface area contributed by atoms with Crippen LogP contribution >= 0.6 is 0 Å². The molecule has 0 heterocycles. The molecule has 1 saturated carbocycles. The second kappa shape index (κ2) is 6.24. The number of amides is 1. The minimum absolute atomic E-state index is 0.116. The summed E-state index contributed by atoms with van der Waals surface area (Å²) in [7, 11) is 0. The van der Waals surface area contributed by atoms with E-state index >= 15 is 0 Å². The summed E-state index contributed by atoms with van der Waals surface area (Å²) in [4.78, 5) is 11.6. The number of carbonyl (C=O) groups excluding carboxylic acids is 1. The molecule has 0 spiro atoms. The molecule has 16 heavy (non-hydrogen) atoms. The molecule has 0 saturated heterocycles. The van der Waals surface area contributed by atoms with Gasteiger partial charge in [-0.05, 0) is 31.6 Å². The smallest absolute Gasteiger partial charge is 0.220 e. The van der Waals surface area contributed by atoms with E-state index in [2.05, 4.69) is 19.2 Å². The first-order valence-corrected chi connectivity index (χ1v) is 6.53. The summed E-state index contributed by atoms with van der Waals surface area (Å²) in [5, 5.41) is 12.4. The molecule has 94 valence electrons. The van der Waals surface area contributed by atoms with Crippen LogP contribution in [0.25, 0.3) is 0 Å². The normalized spacial score (nSPS) is 16.9. The van der Waals surface area contributed by atoms with Crippen LogP contribution in [0.5, 0.6) is 0 Å². The van der Waals surface area contributed by atoms with Gasteiger partial charge >= 0.3 is 0 Å². The Morgan fingerprint density at radius 1 is 1.38 bits per heavy atom. The molecule has 3 heteroatoms. The predicted molar refractivity (Wildman–Crippen MR) is 65.1 cm³/mol. The quantitative estimate of drug-likeness (QED) is 0.699. The average Bonchev–Trinajstić information content (AvgIpc) is 2.26. The van der Waals surface area contributed by atoms with E-state index in [1.54, 1.807) is 0 Å². The van der Waals surface area contributed by atoms with Gasteiger partial charge in [-0.3, -0.25) is 4.79 Å². The molecule has 0 aliphatic heterocycles. The van der Waals surface area contributed by atoms with Gasteiger partial charge in [-0.1, -0.05) is 20.3 Å². The monoisotopic (exact) mass is 227 g/mol. The molecule has 0 radical (unpaired) electrons. The Morgan fingerprint density at radius 3 is 2.38 bits per heavy atom. The van der Waals surface area contributed by atoms with E-state index in [1.807, 2.05) is 0 Å². The van der Waals surface area contributed by atoms with Crippen molar-refractivity contribution in [2.45, 2.75) is 52.4 Å². The Hall–Kier alpha value is -0.570. The number of carbonyl (C=O) groups is 1. The Bertz CT molecular complexity index is 212. The van der Waals surface area contributed by atoms with Gasteiger partial charge in [-0.2, -0.15) is 0 Å². The molecule has 0 bridgehead atoms. The van der Waals surface area contributed by atoms with Crippen LogP contribution in [0.3, 0.4) is 0 Å². The molecule has 0 atom stereocenters. The summed E-state index contributed by atoms with van der Waals surface area (Å²) in [6, 6.07) is 0. The van der Waals surface area contributed by atoms with E-state index in [4.69, 9.17) is 0 Å². The third kappa shape index (κ3) is 3.48. The lowest BCUT2D eigenvalue weighted by atomic mass is 9.81. The number of hydrogen-bond donors (Lipinski definition) is 2. The van der Waals surface area contributed by atoms with E-state index in [1.165, 1.54) is 19.3 Å². The highest BCUT2D eigenvalue weighted by Crippen LogP contribution is 2.29. The third-order valence-electron chi connectivity index (χ3n) is 4.19. The summed E-state index contributed by atoms with van der Waals surface area (Å²) < 4.78 is 0. The number of nitrogens with one attached hydrogen (secondary N) is 1. The van der Waals surface area contributed by atoms with Gasteiger partial charge in [-0.15, -0.1) is 0 Å². The Kier molecular flexibility index (Phi) is 5.26. The molecule has 1 aliphatic carbocycles. The van der Waals surface area contributed by atoms with E-state index in [-0.39, 0.29) is 17.9 Å². The van der Waals surface area contributed by atoms with Crippen LogP contribution in [0.15, 0.2) is 0 Å². The van der Waals surface area contributed by atoms with Crippen LogP contribution < -0.4 is 5.32 Å². The van der Waals surface area contributed by atoms with Gasteiger partial charge in [0.05, 0.1) is 6.61 Å². The van der Waals surface area contributed by atoms with Crippen molar-refractivity contribution < 1.29 is 9.90 Å². The largest absolute Gasteiger partial charge is 0.396 e. The minimum Gasteiger partial charge on any atom is -0.396 e. The van der Waals surface area contributed by atoms with E-state index in [9.17, 15) is 9.90 Å². The van der Waals surface area contributed by atoms with Gasteiger partial charge in [0.15, 0.2) is 0 Å². The third-order valence-corrected chi connectivity index (χ3v) is 4.19. The molecule has 1 aliphatic rings. The Labute approximate surface area is 98.6 Å². The van der Waals surface area contributed by atoms with Gasteiger partial charge in [-0.25, -0.2) is 0 Å². The average molecular weight is 227 g/mol. The first-order valence-electron chi connectivity index (χ1n) is 6.53. The molecule has 0 aromatic heterocycles. The van der Waals surface area contributed by atoms with Gasteiger partial charge in [0.2, 0.25) is 5.91 Å². The molecule has 1 rings (SSSR count). The molecule has 0 aromatic carbocycles. The molecule has 3 nitrogen and oxygen atoms in total. The first-order chi connectivity index (χ1) is 7.65. The van der Waals surface area contributed by atoms with Gasteiger partial charge in [0.25, 0.3) is 0 Å². The second-order valence-corrected chi connectivity index (χ2v) is 5.14. The zero-order chi connectivity index (χ0) is 12.0. The van der Waals surface area contributed by atoms with Crippen LogP contribution in [-0.4, -0.2) is 24.2 Å². The summed E-state index contributed by atoms with van der Waals surface area (Å²) in [6.07, 6.45) is 6.19. The molecule has 1 amide bonds. The summed E-state index contributed by atoms with van der Waals surface area (Å²) >= 11 is 0. The van der Waals surface area contributed by atoms with Crippen LogP contribution in [0.1, 0.15) is 52.4 Å². The van der Waals surface area contributed by atoms with Crippen LogP contribution in [0.4, 0.5) is 0 Å². The van der Waals surface area contributed by atoms with Crippen molar-refractivity contribution in [1.29, 1.82) is 0 Å². The van der Waals surface area contributed by atoms with Crippen LogP contribution in [0, 0.1) is 11.3 Å². The summed E-state index contributed by atoms with van der Waals surface area (Å²) in [6.45, 7) is 4.90. The van der Waals surface area contributed by atoms with Gasteiger partial charge in [0, 0.05) is 18.4 Å². The van der Waals surface area contributed by atoms with E-state index in [0.29, 0.717) is 18.9 Å². The van der Waals surface area contributed by atoms with Crippen molar-refractivity contribution in [2.75, 3.05) is 13.2 Å². The van der Waals surface area contributed by atoms with Crippen molar-refractivity contribution in [1.82, 2.24) is 5.32 Å². The lowest BCUT2D eigenvalue weighted by Gasteiger charge is -2.30. The zero-order valence-electron chi connectivity index (χ0n) is 10.6. The first kappa shape index (κ1) is 13.5. The van der Waals surface area contributed by atoms with Crippen molar-refractivity contribution >= 4 is 5.91 Å². The molecular formula is C13H25NO2. The highest BCUT2D eigenvalue weighted by molar-refractivity contribution is 5.76. The summed E-state index contributed by atoms with van der Waals surface area (Å²) in [5.74, 6) is 0.774. The maximum Gasteiger partial charge on any atom is 0.220 e. The lowest BCUT2D eigenvalue weighted by Crippen LogP contribution is -2.40. The molecule has 0 unspecified atom stereocenters. The second-order valence-electron chi connectivity index (χ2n) is 5.14. The van der Waals surface area contributed by atoms with Crippen molar-refractivity contribution in [3.63, 3.8) is 0 Å². The Morgan fingerprint density at radius 2 is 2.00 bits per heavy atom. The number of aliphatic hydroxyl groups is 1.